The summed E-state index contributed by atoms with van der Waals surface area (Å²) >= 11 is 0. The number of nitrogens with one attached hydrogen (secondary N) is 1. The zero-order valence-electron chi connectivity index (χ0n) is 13.8. The van der Waals surface area contributed by atoms with E-state index in [0.29, 0.717) is 0 Å². The summed E-state index contributed by atoms with van der Waals surface area (Å²) in [5.41, 5.74) is -0.157. The summed E-state index contributed by atoms with van der Waals surface area (Å²) in [6.45, 7) is 4.94. The van der Waals surface area contributed by atoms with E-state index in [0.717, 1.165) is 0 Å². The molecule has 0 aromatic heterocycles. The van der Waals surface area contributed by atoms with E-state index in [1.807, 2.05) is 20.8 Å². The molecular formula is C16H22N2O5. The maximum atomic E-state index is 11.9. The fourth-order valence-electron chi connectivity index (χ4n) is 1.68. The quantitative estimate of drug-likeness (QED) is 0.786. The summed E-state index contributed by atoms with van der Waals surface area (Å²) in [5.74, 6) is -1.42. The van der Waals surface area contributed by atoms with E-state index in [1.165, 1.54) is 36.2 Å². The van der Waals surface area contributed by atoms with Crippen LogP contribution < -0.4 is 5.32 Å². The van der Waals surface area contributed by atoms with Crippen molar-refractivity contribution in [3.8, 4) is 5.75 Å². The number of likely N-dealkylation sites (N-methyl/N-ethyl adjacent to an activating group) is 1. The summed E-state index contributed by atoms with van der Waals surface area (Å²) in [4.78, 5) is 36.5. The SMILES string of the molecule is CN(CC(=O)NC(C)(C)C)C(=O)COC(=O)c1ccc(O)cc1. The van der Waals surface area contributed by atoms with Gasteiger partial charge in [0.15, 0.2) is 6.61 Å². The second-order valence-corrected chi connectivity index (χ2v) is 6.17. The van der Waals surface area contributed by atoms with Crippen LogP contribution in [-0.4, -0.2) is 53.5 Å². The lowest BCUT2D eigenvalue weighted by atomic mass is 10.1. The minimum absolute atomic E-state index is 0.0298. The molecule has 7 heteroatoms. The monoisotopic (exact) mass is 322 g/mol. The highest BCUT2D eigenvalue weighted by Gasteiger charge is 2.19. The largest absolute Gasteiger partial charge is 0.508 e. The number of benzene rings is 1. The van der Waals surface area contributed by atoms with Crippen molar-refractivity contribution in [3.05, 3.63) is 29.8 Å². The molecule has 1 aromatic carbocycles. The number of carbonyl (C=O) groups is 3. The Labute approximate surface area is 135 Å². The first-order valence-corrected chi connectivity index (χ1v) is 7.09. The minimum Gasteiger partial charge on any atom is -0.508 e. The maximum Gasteiger partial charge on any atom is 0.338 e. The first-order chi connectivity index (χ1) is 10.6. The fraction of sp³-hybridized carbons (Fsp3) is 0.438. The normalized spacial score (nSPS) is 10.8. The van der Waals surface area contributed by atoms with Crippen LogP contribution in [-0.2, 0) is 14.3 Å². The fourth-order valence-corrected chi connectivity index (χ4v) is 1.68. The molecule has 0 saturated carbocycles. The molecule has 0 aliphatic carbocycles. The van der Waals surface area contributed by atoms with Crippen LogP contribution >= 0.6 is 0 Å². The standard InChI is InChI=1S/C16H22N2O5/c1-16(2,3)17-13(20)9-18(4)14(21)10-23-15(22)11-5-7-12(19)8-6-11/h5-8,19H,9-10H2,1-4H3,(H,17,20). The predicted molar refractivity (Wildman–Crippen MR) is 83.9 cm³/mol. The zero-order valence-corrected chi connectivity index (χ0v) is 13.8. The van der Waals surface area contributed by atoms with Crippen molar-refractivity contribution >= 4 is 17.8 Å². The Balaban J connectivity index is 2.45. The number of carbonyl (C=O) groups excluding carboxylic acids is 3. The van der Waals surface area contributed by atoms with E-state index in [2.05, 4.69) is 5.32 Å². The number of esters is 1. The van der Waals surface area contributed by atoms with Crippen molar-refractivity contribution in [2.24, 2.45) is 0 Å². The van der Waals surface area contributed by atoms with Crippen molar-refractivity contribution in [1.29, 1.82) is 0 Å². The molecule has 0 unspecified atom stereocenters. The van der Waals surface area contributed by atoms with Gasteiger partial charge in [-0.3, -0.25) is 9.59 Å². The second kappa shape index (κ2) is 7.62. The van der Waals surface area contributed by atoms with Gasteiger partial charge in [0.25, 0.3) is 5.91 Å². The molecule has 0 aliphatic rings. The Morgan fingerprint density at radius 2 is 1.74 bits per heavy atom. The molecule has 2 N–H and O–H groups in total. The summed E-state index contributed by atoms with van der Waals surface area (Å²) in [6, 6.07) is 5.48. The van der Waals surface area contributed by atoms with E-state index in [1.54, 1.807) is 0 Å². The third-order valence-corrected chi connectivity index (χ3v) is 2.75. The van der Waals surface area contributed by atoms with E-state index >= 15 is 0 Å². The molecule has 0 aliphatic heterocycles. The van der Waals surface area contributed by atoms with Crippen LogP contribution in [0.25, 0.3) is 0 Å². The number of amides is 2. The van der Waals surface area contributed by atoms with Crippen LogP contribution in [0.4, 0.5) is 0 Å². The summed E-state index contributed by atoms with van der Waals surface area (Å²) in [7, 11) is 1.46. The Morgan fingerprint density at radius 3 is 2.26 bits per heavy atom. The molecule has 0 radical (unpaired) electrons. The van der Waals surface area contributed by atoms with Gasteiger partial charge in [-0.1, -0.05) is 0 Å². The molecule has 1 aromatic rings. The number of hydrogen-bond acceptors (Lipinski definition) is 5. The maximum absolute atomic E-state index is 11.9. The van der Waals surface area contributed by atoms with Crippen molar-refractivity contribution < 1.29 is 24.2 Å². The van der Waals surface area contributed by atoms with Gasteiger partial charge < -0.3 is 20.1 Å². The van der Waals surface area contributed by atoms with Crippen LogP contribution in [0.3, 0.4) is 0 Å². The Kier molecular flexibility index (Phi) is 6.12. The number of rotatable bonds is 5. The van der Waals surface area contributed by atoms with Crippen LogP contribution in [0, 0.1) is 0 Å². The number of hydrogen-bond donors (Lipinski definition) is 2. The smallest absolute Gasteiger partial charge is 0.338 e. The first-order valence-electron chi connectivity index (χ1n) is 7.09. The molecule has 0 atom stereocenters. The second-order valence-electron chi connectivity index (χ2n) is 6.17. The molecule has 0 heterocycles. The zero-order chi connectivity index (χ0) is 17.6. The summed E-state index contributed by atoms with van der Waals surface area (Å²) < 4.78 is 4.89. The Bertz CT molecular complexity index is 575. The molecule has 0 fully saturated rings. The summed E-state index contributed by atoms with van der Waals surface area (Å²) in [6.07, 6.45) is 0. The van der Waals surface area contributed by atoms with E-state index in [9.17, 15) is 14.4 Å². The van der Waals surface area contributed by atoms with Gasteiger partial charge in [0.1, 0.15) is 5.75 Å². The van der Waals surface area contributed by atoms with Gasteiger partial charge in [-0.05, 0) is 45.0 Å². The predicted octanol–water partition coefficient (Wildman–Crippen LogP) is 0.922. The molecule has 0 spiro atoms. The van der Waals surface area contributed by atoms with Crippen molar-refractivity contribution in [1.82, 2.24) is 10.2 Å². The molecule has 0 bridgehead atoms. The average Bonchev–Trinajstić information content (AvgIpc) is 2.42. The molecule has 2 amide bonds. The lowest BCUT2D eigenvalue weighted by Gasteiger charge is -2.23. The lowest BCUT2D eigenvalue weighted by molar-refractivity contribution is -0.137. The first kappa shape index (κ1) is 18.5. The Morgan fingerprint density at radius 1 is 1.17 bits per heavy atom. The van der Waals surface area contributed by atoms with Crippen molar-refractivity contribution in [3.63, 3.8) is 0 Å². The van der Waals surface area contributed by atoms with E-state index < -0.39 is 18.5 Å². The van der Waals surface area contributed by atoms with Crippen LogP contribution in [0.15, 0.2) is 24.3 Å². The van der Waals surface area contributed by atoms with Crippen molar-refractivity contribution in [2.45, 2.75) is 26.3 Å². The van der Waals surface area contributed by atoms with Gasteiger partial charge in [-0.15, -0.1) is 0 Å². The third kappa shape index (κ3) is 6.82. The molecular weight excluding hydrogens is 300 g/mol. The highest BCUT2D eigenvalue weighted by Crippen LogP contribution is 2.10. The van der Waals surface area contributed by atoms with Gasteiger partial charge in [0.05, 0.1) is 12.1 Å². The van der Waals surface area contributed by atoms with Crippen LogP contribution in [0.5, 0.6) is 5.75 Å². The molecule has 126 valence electrons. The molecule has 1 rings (SSSR count). The number of ether oxygens (including phenoxy) is 1. The highest BCUT2D eigenvalue weighted by molar-refractivity contribution is 5.92. The number of nitrogens with zero attached hydrogens (tertiary/aromatic N) is 1. The minimum atomic E-state index is -0.675. The topological polar surface area (TPSA) is 95.9 Å². The number of phenols is 1. The number of aromatic hydroxyl groups is 1. The van der Waals surface area contributed by atoms with Gasteiger partial charge >= 0.3 is 5.97 Å². The Hall–Kier alpha value is -2.57. The van der Waals surface area contributed by atoms with Crippen LogP contribution in [0.1, 0.15) is 31.1 Å². The van der Waals surface area contributed by atoms with Gasteiger partial charge in [0, 0.05) is 12.6 Å². The summed E-state index contributed by atoms with van der Waals surface area (Å²) in [5, 5.41) is 11.9. The van der Waals surface area contributed by atoms with E-state index in [4.69, 9.17) is 9.84 Å². The molecule has 0 saturated heterocycles. The average molecular weight is 322 g/mol. The molecule has 23 heavy (non-hydrogen) atoms. The third-order valence-electron chi connectivity index (χ3n) is 2.75. The van der Waals surface area contributed by atoms with Crippen molar-refractivity contribution in [2.75, 3.05) is 20.2 Å². The van der Waals surface area contributed by atoms with Crippen LogP contribution in [0.2, 0.25) is 0 Å². The molecule has 7 nitrogen and oxygen atoms in total. The lowest BCUT2D eigenvalue weighted by Crippen LogP contribution is -2.46. The van der Waals surface area contributed by atoms with Gasteiger partial charge in [0.2, 0.25) is 5.91 Å². The van der Waals surface area contributed by atoms with Gasteiger partial charge in [-0.2, -0.15) is 0 Å². The van der Waals surface area contributed by atoms with E-state index in [-0.39, 0.29) is 29.3 Å². The number of phenolic OH excluding ortho intramolecular Hbond substituents is 1. The highest BCUT2D eigenvalue weighted by atomic mass is 16.5. The van der Waals surface area contributed by atoms with Gasteiger partial charge in [-0.25, -0.2) is 4.79 Å².